The van der Waals surface area contributed by atoms with Gasteiger partial charge in [0.2, 0.25) is 10.0 Å². The van der Waals surface area contributed by atoms with E-state index in [4.69, 9.17) is 4.74 Å². The maximum atomic E-state index is 11.9. The first-order valence-electron chi connectivity index (χ1n) is 11.4. The summed E-state index contributed by atoms with van der Waals surface area (Å²) in [7, 11) is -3.32. The molecule has 0 radical (unpaired) electrons. The van der Waals surface area contributed by atoms with Gasteiger partial charge in [-0.2, -0.15) is 0 Å². The molecule has 32 heavy (non-hydrogen) atoms. The molecule has 1 aromatic heterocycles. The highest BCUT2D eigenvalue weighted by molar-refractivity contribution is 7.88. The summed E-state index contributed by atoms with van der Waals surface area (Å²) in [6.45, 7) is 1.09. The van der Waals surface area contributed by atoms with Crippen LogP contribution in [0.25, 0.3) is 0 Å². The fourth-order valence-corrected chi connectivity index (χ4v) is 5.82. The number of nitrogens with zero attached hydrogens (tertiary/aromatic N) is 2. The Labute approximate surface area is 190 Å². The number of nitrogens with one attached hydrogen (secondary N) is 1. The largest absolute Gasteiger partial charge is 0.390 e. The molecule has 0 unspecified atom stereocenters. The Bertz CT molecular complexity index is 960. The molecule has 1 aliphatic heterocycles. The zero-order valence-electron chi connectivity index (χ0n) is 18.6. The van der Waals surface area contributed by atoms with E-state index in [1.807, 2.05) is 6.07 Å². The second-order valence-corrected chi connectivity index (χ2v) is 10.7. The fourth-order valence-electron chi connectivity index (χ4n) is 5.00. The Balaban J connectivity index is 1.39. The summed E-state index contributed by atoms with van der Waals surface area (Å²) >= 11 is 0. The molecule has 0 spiro atoms. The highest BCUT2D eigenvalue weighted by Gasteiger charge is 2.37. The van der Waals surface area contributed by atoms with Crippen LogP contribution in [-0.4, -0.2) is 56.1 Å². The summed E-state index contributed by atoms with van der Waals surface area (Å²) in [4.78, 5) is 6.46. The second kappa shape index (κ2) is 10.3. The molecule has 2 N–H and O–H groups in total. The maximum Gasteiger partial charge on any atom is 0.209 e. The van der Waals surface area contributed by atoms with Gasteiger partial charge in [0.05, 0.1) is 49.2 Å². The number of hydrogen-bond acceptors (Lipinski definition) is 6. The molecule has 4 rings (SSSR count). The van der Waals surface area contributed by atoms with Gasteiger partial charge in [0.1, 0.15) is 0 Å². The average Bonchev–Trinajstić information content (AvgIpc) is 3.19. The molecule has 0 bridgehead atoms. The van der Waals surface area contributed by atoms with E-state index in [-0.39, 0.29) is 24.8 Å². The van der Waals surface area contributed by atoms with E-state index in [9.17, 15) is 13.5 Å². The van der Waals surface area contributed by atoms with Crippen LogP contribution in [0.3, 0.4) is 0 Å². The normalized spacial score (nSPS) is 26.4. The van der Waals surface area contributed by atoms with Gasteiger partial charge in [-0.15, -0.1) is 0 Å². The third-order valence-electron chi connectivity index (χ3n) is 6.66. The lowest BCUT2D eigenvalue weighted by Crippen LogP contribution is -2.48. The number of pyridine rings is 1. The van der Waals surface area contributed by atoms with E-state index in [0.717, 1.165) is 37.9 Å². The van der Waals surface area contributed by atoms with Crippen molar-refractivity contribution < 1.29 is 18.3 Å². The lowest BCUT2D eigenvalue weighted by molar-refractivity contribution is 0.0157. The highest BCUT2D eigenvalue weighted by atomic mass is 32.2. The van der Waals surface area contributed by atoms with Crippen LogP contribution in [0.2, 0.25) is 0 Å². The Morgan fingerprint density at radius 1 is 1.09 bits per heavy atom. The average molecular weight is 460 g/mol. The number of benzene rings is 1. The minimum absolute atomic E-state index is 0.0988. The molecule has 1 aliphatic carbocycles. The summed E-state index contributed by atoms with van der Waals surface area (Å²) in [5.41, 5.74) is 2.94. The van der Waals surface area contributed by atoms with Gasteiger partial charge in [0.25, 0.3) is 0 Å². The van der Waals surface area contributed by atoms with E-state index >= 15 is 0 Å². The van der Waals surface area contributed by atoms with Gasteiger partial charge in [0, 0.05) is 12.6 Å². The zero-order valence-corrected chi connectivity index (χ0v) is 19.4. The molecule has 2 fully saturated rings. The number of hydrogen-bond donors (Lipinski definition) is 2. The van der Waals surface area contributed by atoms with Crippen LogP contribution in [0.4, 0.5) is 5.69 Å². The summed E-state index contributed by atoms with van der Waals surface area (Å²) in [5, 5.41) is 9.26. The first-order chi connectivity index (χ1) is 15.4. The molecule has 8 heteroatoms. The van der Waals surface area contributed by atoms with Crippen LogP contribution in [0.1, 0.15) is 49.3 Å². The van der Waals surface area contributed by atoms with Gasteiger partial charge >= 0.3 is 0 Å². The third-order valence-corrected chi connectivity index (χ3v) is 7.39. The highest BCUT2D eigenvalue weighted by Crippen LogP contribution is 2.34. The van der Waals surface area contributed by atoms with Crippen molar-refractivity contribution >= 4 is 15.7 Å². The number of aliphatic hydroxyl groups is 1. The smallest absolute Gasteiger partial charge is 0.209 e. The Morgan fingerprint density at radius 3 is 2.47 bits per heavy atom. The molecule has 2 aliphatic rings. The molecule has 2 heterocycles. The summed E-state index contributed by atoms with van der Waals surface area (Å²) in [6, 6.07) is 14.1. The van der Waals surface area contributed by atoms with Crippen molar-refractivity contribution in [3.8, 4) is 0 Å². The predicted molar refractivity (Wildman–Crippen MR) is 125 cm³/mol. The van der Waals surface area contributed by atoms with Crippen LogP contribution >= 0.6 is 0 Å². The van der Waals surface area contributed by atoms with Gasteiger partial charge in [-0.05, 0) is 55.7 Å². The monoisotopic (exact) mass is 459 g/mol. The Kier molecular flexibility index (Phi) is 7.45. The molecule has 2 atom stereocenters. The van der Waals surface area contributed by atoms with Gasteiger partial charge < -0.3 is 14.7 Å². The molecule has 7 nitrogen and oxygen atoms in total. The first kappa shape index (κ1) is 23.2. The number of aliphatic hydroxyl groups excluding tert-OH is 1. The quantitative estimate of drug-likeness (QED) is 0.631. The van der Waals surface area contributed by atoms with E-state index in [0.29, 0.717) is 24.6 Å². The molecule has 174 valence electrons. The van der Waals surface area contributed by atoms with Crippen LogP contribution in [0.5, 0.6) is 0 Å². The van der Waals surface area contributed by atoms with Crippen LogP contribution in [-0.2, 0) is 21.4 Å². The second-order valence-electron chi connectivity index (χ2n) is 8.93. The van der Waals surface area contributed by atoms with Crippen LogP contribution in [0, 0.1) is 0 Å². The van der Waals surface area contributed by atoms with E-state index in [2.05, 4.69) is 44.9 Å². The lowest BCUT2D eigenvalue weighted by atomic mass is 9.83. The number of anilines is 1. The van der Waals surface area contributed by atoms with Gasteiger partial charge in [-0.25, -0.2) is 13.1 Å². The topological polar surface area (TPSA) is 91.8 Å². The molecule has 1 saturated heterocycles. The van der Waals surface area contributed by atoms with Crippen molar-refractivity contribution in [3.05, 3.63) is 59.9 Å². The Hall–Kier alpha value is -2.00. The molecule has 2 aromatic rings. The van der Waals surface area contributed by atoms with E-state index < -0.39 is 10.0 Å². The molecule has 0 amide bonds. The van der Waals surface area contributed by atoms with Crippen molar-refractivity contribution in [2.24, 2.45) is 0 Å². The molecular formula is C24H33N3O4S. The predicted octanol–water partition coefficient (Wildman–Crippen LogP) is 2.81. The molecule has 1 aromatic carbocycles. The minimum Gasteiger partial charge on any atom is -0.390 e. The number of ether oxygens (including phenoxy) is 1. The van der Waals surface area contributed by atoms with Crippen molar-refractivity contribution in [1.82, 2.24) is 9.71 Å². The summed E-state index contributed by atoms with van der Waals surface area (Å²) in [6.07, 6.45) is 8.12. The standard InChI is InChI=1S/C24H33N3O4S/c1-32(29,30)26-23-13-14-27(21-10-9-20(16-28)25-15-21)24(23)17-31-22-11-7-19(8-12-22)18-5-3-2-4-6-18/h2-6,9-10,15,19,22-24,26,28H,7-8,11-14,16-17H2,1H3/t19?,22?,23-,24-/m0/s1. The van der Waals surface area contributed by atoms with Crippen molar-refractivity contribution in [1.29, 1.82) is 0 Å². The molecule has 1 saturated carbocycles. The lowest BCUT2D eigenvalue weighted by Gasteiger charge is -2.33. The summed E-state index contributed by atoms with van der Waals surface area (Å²) in [5.74, 6) is 0.592. The zero-order chi connectivity index (χ0) is 22.6. The first-order valence-corrected chi connectivity index (χ1v) is 13.3. The van der Waals surface area contributed by atoms with Crippen LogP contribution in [0.15, 0.2) is 48.7 Å². The van der Waals surface area contributed by atoms with Crippen molar-refractivity contribution in [2.75, 3.05) is 24.3 Å². The number of sulfonamides is 1. The van der Waals surface area contributed by atoms with Gasteiger partial charge in [-0.3, -0.25) is 4.98 Å². The van der Waals surface area contributed by atoms with Crippen molar-refractivity contribution in [2.45, 2.75) is 62.8 Å². The van der Waals surface area contributed by atoms with Gasteiger partial charge in [0.15, 0.2) is 0 Å². The Morgan fingerprint density at radius 2 is 1.84 bits per heavy atom. The maximum absolute atomic E-state index is 11.9. The minimum atomic E-state index is -3.32. The fraction of sp³-hybridized carbons (Fsp3) is 0.542. The number of aromatic nitrogens is 1. The summed E-state index contributed by atoms with van der Waals surface area (Å²) < 4.78 is 33.0. The van der Waals surface area contributed by atoms with Crippen molar-refractivity contribution in [3.63, 3.8) is 0 Å². The third kappa shape index (κ3) is 5.86. The van der Waals surface area contributed by atoms with E-state index in [1.54, 1.807) is 12.3 Å². The van der Waals surface area contributed by atoms with Gasteiger partial charge in [-0.1, -0.05) is 30.3 Å². The number of rotatable bonds is 8. The molecular weight excluding hydrogens is 426 g/mol. The SMILES string of the molecule is CS(=O)(=O)N[C@H]1CCN(c2ccc(CO)nc2)[C@H]1COC1CCC(c2ccccc2)CC1. The van der Waals surface area contributed by atoms with Crippen LogP contribution < -0.4 is 9.62 Å². The van der Waals surface area contributed by atoms with E-state index in [1.165, 1.54) is 11.8 Å².